The van der Waals surface area contributed by atoms with Crippen molar-refractivity contribution in [2.75, 3.05) is 26.3 Å². The normalized spacial score (nSPS) is 32.1. The predicted molar refractivity (Wildman–Crippen MR) is 53.7 cm³/mol. The van der Waals surface area contributed by atoms with Crippen molar-refractivity contribution in [2.24, 2.45) is 11.3 Å². The Kier molecular flexibility index (Phi) is 2.37. The zero-order valence-electron chi connectivity index (χ0n) is 9.05. The van der Waals surface area contributed by atoms with Crippen LogP contribution in [-0.4, -0.2) is 37.2 Å². The first-order valence-corrected chi connectivity index (χ1v) is 5.39. The average molecular weight is 183 g/mol. The number of ether oxygens (including phenoxy) is 1. The van der Waals surface area contributed by atoms with E-state index in [2.05, 4.69) is 25.7 Å². The van der Waals surface area contributed by atoms with Crippen molar-refractivity contribution in [1.82, 2.24) is 4.90 Å². The highest BCUT2D eigenvalue weighted by atomic mass is 16.5. The van der Waals surface area contributed by atoms with Gasteiger partial charge in [0, 0.05) is 25.7 Å². The zero-order chi connectivity index (χ0) is 9.47. The Morgan fingerprint density at radius 1 is 1.23 bits per heavy atom. The van der Waals surface area contributed by atoms with Crippen molar-refractivity contribution in [3.63, 3.8) is 0 Å². The lowest BCUT2D eigenvalue weighted by molar-refractivity contribution is -0.00941. The molecule has 0 spiro atoms. The van der Waals surface area contributed by atoms with Gasteiger partial charge in [-0.05, 0) is 17.8 Å². The lowest BCUT2D eigenvalue weighted by Gasteiger charge is -2.48. The Balaban J connectivity index is 1.78. The van der Waals surface area contributed by atoms with Crippen LogP contribution in [0, 0.1) is 11.3 Å². The van der Waals surface area contributed by atoms with E-state index < -0.39 is 0 Å². The van der Waals surface area contributed by atoms with Crippen molar-refractivity contribution < 1.29 is 4.74 Å². The molecule has 0 aromatic rings. The second-order valence-electron chi connectivity index (χ2n) is 5.53. The third-order valence-corrected chi connectivity index (χ3v) is 3.56. The second-order valence-corrected chi connectivity index (χ2v) is 5.53. The first kappa shape index (κ1) is 9.47. The molecule has 0 N–H and O–H groups in total. The Bertz CT molecular complexity index is 173. The maximum absolute atomic E-state index is 5.39. The third kappa shape index (κ3) is 1.89. The van der Waals surface area contributed by atoms with Crippen LogP contribution in [-0.2, 0) is 4.74 Å². The second kappa shape index (κ2) is 3.25. The largest absolute Gasteiger partial charge is 0.380 e. The van der Waals surface area contributed by atoms with Gasteiger partial charge in [0.25, 0.3) is 0 Å². The molecule has 13 heavy (non-hydrogen) atoms. The van der Waals surface area contributed by atoms with Gasteiger partial charge in [-0.3, -0.25) is 4.90 Å². The Hall–Kier alpha value is -0.0800. The Morgan fingerprint density at radius 3 is 2.38 bits per heavy atom. The fourth-order valence-electron chi connectivity index (χ4n) is 2.17. The van der Waals surface area contributed by atoms with Crippen LogP contribution in [0.5, 0.6) is 0 Å². The van der Waals surface area contributed by atoms with Gasteiger partial charge < -0.3 is 4.74 Å². The zero-order valence-corrected chi connectivity index (χ0v) is 9.05. The lowest BCUT2D eigenvalue weighted by Crippen LogP contribution is -2.56. The molecule has 76 valence electrons. The van der Waals surface area contributed by atoms with Gasteiger partial charge >= 0.3 is 0 Å². The van der Waals surface area contributed by atoms with E-state index in [9.17, 15) is 0 Å². The highest BCUT2D eigenvalue weighted by molar-refractivity contribution is 4.92. The molecule has 1 unspecified atom stereocenters. The highest BCUT2D eigenvalue weighted by Crippen LogP contribution is 2.35. The summed E-state index contributed by atoms with van der Waals surface area (Å²) < 4.78 is 5.39. The molecule has 0 aliphatic carbocycles. The number of nitrogens with zero attached hydrogens (tertiary/aromatic N) is 1. The number of rotatable bonds is 1. The van der Waals surface area contributed by atoms with Gasteiger partial charge in [0.15, 0.2) is 0 Å². The van der Waals surface area contributed by atoms with Gasteiger partial charge in [0.2, 0.25) is 0 Å². The minimum absolute atomic E-state index is 0.496. The molecule has 2 aliphatic rings. The number of hydrogen-bond donors (Lipinski definition) is 0. The molecule has 0 amide bonds. The van der Waals surface area contributed by atoms with Crippen molar-refractivity contribution in [3.05, 3.63) is 0 Å². The maximum atomic E-state index is 5.39. The summed E-state index contributed by atoms with van der Waals surface area (Å²) in [7, 11) is 0. The summed E-state index contributed by atoms with van der Waals surface area (Å²) in [5.41, 5.74) is 0.496. The smallest absolute Gasteiger partial charge is 0.0622 e. The highest BCUT2D eigenvalue weighted by Gasteiger charge is 2.39. The molecule has 1 atom stereocenters. The predicted octanol–water partition coefficient (Wildman–Crippen LogP) is 1.75. The van der Waals surface area contributed by atoms with E-state index in [1.54, 1.807) is 0 Å². The molecular weight excluding hydrogens is 162 g/mol. The molecule has 0 saturated carbocycles. The van der Waals surface area contributed by atoms with E-state index >= 15 is 0 Å². The molecule has 2 saturated heterocycles. The van der Waals surface area contributed by atoms with E-state index in [-0.39, 0.29) is 0 Å². The summed E-state index contributed by atoms with van der Waals surface area (Å²) >= 11 is 0. The lowest BCUT2D eigenvalue weighted by atomic mass is 9.75. The minimum atomic E-state index is 0.496. The summed E-state index contributed by atoms with van der Waals surface area (Å²) in [6, 6.07) is 0.735. The van der Waals surface area contributed by atoms with E-state index in [0.717, 1.165) is 25.2 Å². The van der Waals surface area contributed by atoms with Crippen LogP contribution in [0.4, 0.5) is 0 Å². The van der Waals surface area contributed by atoms with Crippen molar-refractivity contribution in [3.8, 4) is 0 Å². The summed E-state index contributed by atoms with van der Waals surface area (Å²) in [6.07, 6.45) is 1.25. The summed E-state index contributed by atoms with van der Waals surface area (Å²) in [5, 5.41) is 0. The molecule has 0 radical (unpaired) electrons. The molecule has 0 aromatic carbocycles. The van der Waals surface area contributed by atoms with Crippen LogP contribution < -0.4 is 0 Å². The monoisotopic (exact) mass is 183 g/mol. The standard InChI is InChI=1S/C11H21NO/c1-11(2,3)9-6-12(7-9)10-4-5-13-8-10/h9-10H,4-8H2,1-3H3. The quantitative estimate of drug-likeness (QED) is 0.614. The summed E-state index contributed by atoms with van der Waals surface area (Å²) in [6.45, 7) is 11.6. The Morgan fingerprint density at radius 2 is 1.92 bits per heavy atom. The summed E-state index contributed by atoms with van der Waals surface area (Å²) in [5.74, 6) is 0.896. The molecule has 2 aliphatic heterocycles. The summed E-state index contributed by atoms with van der Waals surface area (Å²) in [4.78, 5) is 2.59. The minimum Gasteiger partial charge on any atom is -0.380 e. The molecule has 2 fully saturated rings. The van der Waals surface area contributed by atoms with Gasteiger partial charge in [0.1, 0.15) is 0 Å². The van der Waals surface area contributed by atoms with Crippen LogP contribution in [0.15, 0.2) is 0 Å². The van der Waals surface area contributed by atoms with Crippen LogP contribution in [0.3, 0.4) is 0 Å². The van der Waals surface area contributed by atoms with Crippen LogP contribution in [0.2, 0.25) is 0 Å². The number of likely N-dealkylation sites (tertiary alicyclic amines) is 1. The third-order valence-electron chi connectivity index (χ3n) is 3.56. The first-order chi connectivity index (χ1) is 6.07. The van der Waals surface area contributed by atoms with Gasteiger partial charge in [-0.15, -0.1) is 0 Å². The van der Waals surface area contributed by atoms with Crippen molar-refractivity contribution in [1.29, 1.82) is 0 Å². The van der Waals surface area contributed by atoms with E-state index in [1.165, 1.54) is 19.5 Å². The fraction of sp³-hybridized carbons (Fsp3) is 1.00. The SMILES string of the molecule is CC(C)(C)C1CN(C2CCOC2)C1. The Labute approximate surface area is 81.3 Å². The van der Waals surface area contributed by atoms with Gasteiger partial charge in [0.05, 0.1) is 6.61 Å². The molecule has 2 heterocycles. The number of hydrogen-bond acceptors (Lipinski definition) is 2. The van der Waals surface area contributed by atoms with E-state index in [1.807, 2.05) is 0 Å². The fourth-order valence-corrected chi connectivity index (χ4v) is 2.17. The van der Waals surface area contributed by atoms with Crippen LogP contribution in [0.1, 0.15) is 27.2 Å². The molecule has 0 bridgehead atoms. The van der Waals surface area contributed by atoms with E-state index in [4.69, 9.17) is 4.74 Å². The van der Waals surface area contributed by atoms with Crippen LogP contribution in [0.25, 0.3) is 0 Å². The molecular formula is C11H21NO. The first-order valence-electron chi connectivity index (χ1n) is 5.39. The molecule has 2 heteroatoms. The molecule has 2 rings (SSSR count). The van der Waals surface area contributed by atoms with Crippen molar-refractivity contribution in [2.45, 2.75) is 33.2 Å². The molecule has 0 aromatic heterocycles. The van der Waals surface area contributed by atoms with E-state index in [0.29, 0.717) is 5.41 Å². The van der Waals surface area contributed by atoms with Crippen LogP contribution >= 0.6 is 0 Å². The van der Waals surface area contributed by atoms with Gasteiger partial charge in [-0.1, -0.05) is 20.8 Å². The van der Waals surface area contributed by atoms with Gasteiger partial charge in [-0.2, -0.15) is 0 Å². The van der Waals surface area contributed by atoms with Gasteiger partial charge in [-0.25, -0.2) is 0 Å². The van der Waals surface area contributed by atoms with Crippen molar-refractivity contribution >= 4 is 0 Å². The average Bonchev–Trinajstić information content (AvgIpc) is 2.31. The maximum Gasteiger partial charge on any atom is 0.0622 e. The topological polar surface area (TPSA) is 12.5 Å². The molecule has 2 nitrogen and oxygen atoms in total.